The molecule has 0 saturated carbocycles. The summed E-state index contributed by atoms with van der Waals surface area (Å²) in [7, 11) is 0. The van der Waals surface area contributed by atoms with Gasteiger partial charge in [0, 0.05) is 12.5 Å². The summed E-state index contributed by atoms with van der Waals surface area (Å²) in [6.07, 6.45) is 0.305. The molecule has 0 fully saturated rings. The number of alkyl halides is 1. The van der Waals surface area contributed by atoms with Crippen LogP contribution in [0.5, 0.6) is 5.75 Å². The van der Waals surface area contributed by atoms with E-state index in [4.69, 9.17) is 9.84 Å². The molecule has 4 heteroatoms. The number of ether oxygens (including phenoxy) is 1. The highest BCUT2D eigenvalue weighted by Gasteiger charge is 2.01. The normalized spacial score (nSPS) is 9.44. The van der Waals surface area contributed by atoms with E-state index in [-0.39, 0.29) is 24.5 Å². The molecule has 0 unspecified atom stereocenters. The summed E-state index contributed by atoms with van der Waals surface area (Å²) >= 11 is 0. The molecule has 86 valence electrons. The molecule has 1 aromatic carbocycles. The van der Waals surface area contributed by atoms with Gasteiger partial charge in [-0.15, -0.1) is 0 Å². The molecule has 0 aromatic heterocycles. The van der Waals surface area contributed by atoms with Crippen LogP contribution >= 0.6 is 0 Å². The fourth-order valence-corrected chi connectivity index (χ4v) is 1.06. The largest absolute Gasteiger partial charge is 0.491 e. The molecule has 0 heterocycles. The standard InChI is InChI=1S/C12H12F2O2/c13-6-8-16-11-5-4-10(12(14)9-11)3-1-2-7-15/h4-5,9,15H,2,6-8H2. The second kappa shape index (κ2) is 6.81. The Morgan fingerprint density at radius 2 is 2.19 bits per heavy atom. The van der Waals surface area contributed by atoms with E-state index in [2.05, 4.69) is 11.8 Å². The first-order valence-electron chi connectivity index (χ1n) is 4.86. The van der Waals surface area contributed by atoms with Crippen LogP contribution in [0.3, 0.4) is 0 Å². The highest BCUT2D eigenvalue weighted by Crippen LogP contribution is 2.15. The Kier molecular flexibility index (Phi) is 5.30. The number of aliphatic hydroxyl groups is 1. The van der Waals surface area contributed by atoms with Gasteiger partial charge in [0.2, 0.25) is 0 Å². The van der Waals surface area contributed by atoms with Crippen molar-refractivity contribution in [2.45, 2.75) is 6.42 Å². The fourth-order valence-electron chi connectivity index (χ4n) is 1.06. The van der Waals surface area contributed by atoms with Crippen LogP contribution in [0.25, 0.3) is 0 Å². The molecule has 1 N–H and O–H groups in total. The maximum absolute atomic E-state index is 13.4. The first-order chi connectivity index (χ1) is 7.77. The average molecular weight is 226 g/mol. The molecular formula is C12H12F2O2. The zero-order chi connectivity index (χ0) is 11.8. The Morgan fingerprint density at radius 3 is 2.81 bits per heavy atom. The monoisotopic (exact) mass is 226 g/mol. The van der Waals surface area contributed by atoms with Gasteiger partial charge in [-0.05, 0) is 12.1 Å². The van der Waals surface area contributed by atoms with Crippen molar-refractivity contribution in [2.75, 3.05) is 19.9 Å². The van der Waals surface area contributed by atoms with Crippen molar-refractivity contribution in [3.63, 3.8) is 0 Å². The lowest BCUT2D eigenvalue weighted by Gasteiger charge is -2.03. The van der Waals surface area contributed by atoms with E-state index in [1.807, 2.05) is 0 Å². The molecule has 0 aliphatic heterocycles. The van der Waals surface area contributed by atoms with Gasteiger partial charge in [0.1, 0.15) is 24.8 Å². The fraction of sp³-hybridized carbons (Fsp3) is 0.333. The van der Waals surface area contributed by atoms with Gasteiger partial charge in [0.25, 0.3) is 0 Å². The van der Waals surface area contributed by atoms with E-state index in [0.29, 0.717) is 6.42 Å². The summed E-state index contributed by atoms with van der Waals surface area (Å²) in [5, 5.41) is 8.50. The van der Waals surface area contributed by atoms with Gasteiger partial charge in [-0.1, -0.05) is 11.8 Å². The molecule has 0 aliphatic carbocycles. The number of aliphatic hydroxyl groups excluding tert-OH is 1. The Hall–Kier alpha value is -1.60. The number of benzene rings is 1. The Morgan fingerprint density at radius 1 is 1.38 bits per heavy atom. The Labute approximate surface area is 92.9 Å². The van der Waals surface area contributed by atoms with Crippen LogP contribution in [0, 0.1) is 17.7 Å². The molecule has 0 bridgehead atoms. The van der Waals surface area contributed by atoms with Gasteiger partial charge < -0.3 is 9.84 Å². The van der Waals surface area contributed by atoms with E-state index in [9.17, 15) is 8.78 Å². The van der Waals surface area contributed by atoms with Crippen molar-refractivity contribution in [1.29, 1.82) is 0 Å². The zero-order valence-electron chi connectivity index (χ0n) is 8.67. The highest BCUT2D eigenvalue weighted by atomic mass is 19.1. The van der Waals surface area contributed by atoms with Crippen LogP contribution in [0.4, 0.5) is 8.78 Å². The Bertz CT molecular complexity index is 394. The molecule has 16 heavy (non-hydrogen) atoms. The molecule has 2 nitrogen and oxygen atoms in total. The summed E-state index contributed by atoms with van der Waals surface area (Å²) in [6, 6.07) is 4.16. The zero-order valence-corrected chi connectivity index (χ0v) is 8.67. The van der Waals surface area contributed by atoms with Gasteiger partial charge in [-0.3, -0.25) is 0 Å². The van der Waals surface area contributed by atoms with E-state index in [1.54, 1.807) is 0 Å². The third kappa shape index (κ3) is 3.87. The van der Waals surface area contributed by atoms with Crippen LogP contribution in [0.1, 0.15) is 12.0 Å². The van der Waals surface area contributed by atoms with Gasteiger partial charge in [-0.2, -0.15) is 0 Å². The molecule has 0 radical (unpaired) electrons. The first-order valence-corrected chi connectivity index (χ1v) is 4.86. The molecule has 0 spiro atoms. The molecule has 1 aromatic rings. The van der Waals surface area contributed by atoms with Crippen LogP contribution in [-0.2, 0) is 0 Å². The van der Waals surface area contributed by atoms with Crippen molar-refractivity contribution < 1.29 is 18.6 Å². The molecule has 0 saturated heterocycles. The van der Waals surface area contributed by atoms with Crippen molar-refractivity contribution >= 4 is 0 Å². The van der Waals surface area contributed by atoms with Crippen molar-refractivity contribution in [2.24, 2.45) is 0 Å². The van der Waals surface area contributed by atoms with Crippen molar-refractivity contribution in [1.82, 2.24) is 0 Å². The summed E-state index contributed by atoms with van der Waals surface area (Å²) in [4.78, 5) is 0. The van der Waals surface area contributed by atoms with Gasteiger partial charge >= 0.3 is 0 Å². The lowest BCUT2D eigenvalue weighted by atomic mass is 10.2. The van der Waals surface area contributed by atoms with E-state index in [1.165, 1.54) is 18.2 Å². The van der Waals surface area contributed by atoms with Crippen molar-refractivity contribution in [3.05, 3.63) is 29.6 Å². The minimum absolute atomic E-state index is 0.0493. The van der Waals surface area contributed by atoms with E-state index < -0.39 is 12.5 Å². The SMILES string of the molecule is OCCC#Cc1ccc(OCCF)cc1F. The molecule has 0 aliphatic rings. The van der Waals surface area contributed by atoms with Gasteiger partial charge in [-0.25, -0.2) is 8.78 Å². The highest BCUT2D eigenvalue weighted by molar-refractivity contribution is 5.39. The maximum Gasteiger partial charge on any atom is 0.142 e. The second-order valence-corrected chi connectivity index (χ2v) is 2.95. The number of hydrogen-bond acceptors (Lipinski definition) is 2. The van der Waals surface area contributed by atoms with Crippen LogP contribution in [-0.4, -0.2) is 25.0 Å². The molecule has 0 amide bonds. The lowest BCUT2D eigenvalue weighted by molar-refractivity contribution is 0.272. The lowest BCUT2D eigenvalue weighted by Crippen LogP contribution is -1.99. The van der Waals surface area contributed by atoms with Crippen LogP contribution < -0.4 is 4.74 Å². The maximum atomic E-state index is 13.4. The number of rotatable bonds is 4. The summed E-state index contributed by atoms with van der Waals surface area (Å²) in [5.41, 5.74) is 0.237. The molecule has 1 rings (SSSR count). The summed E-state index contributed by atoms with van der Waals surface area (Å²) < 4.78 is 30.1. The number of hydrogen-bond donors (Lipinski definition) is 1. The minimum atomic E-state index is -0.611. The number of halogens is 2. The second-order valence-electron chi connectivity index (χ2n) is 2.95. The summed E-state index contributed by atoms with van der Waals surface area (Å²) in [5.74, 6) is 4.96. The van der Waals surface area contributed by atoms with E-state index >= 15 is 0 Å². The van der Waals surface area contributed by atoms with Crippen molar-refractivity contribution in [3.8, 4) is 17.6 Å². The smallest absolute Gasteiger partial charge is 0.142 e. The molecular weight excluding hydrogens is 214 g/mol. The average Bonchev–Trinajstić information content (AvgIpc) is 2.29. The topological polar surface area (TPSA) is 29.5 Å². The molecule has 0 atom stereocenters. The van der Waals surface area contributed by atoms with Gasteiger partial charge in [0.15, 0.2) is 0 Å². The third-order valence-corrected chi connectivity index (χ3v) is 1.75. The van der Waals surface area contributed by atoms with Crippen LogP contribution in [0.2, 0.25) is 0 Å². The summed E-state index contributed by atoms with van der Waals surface area (Å²) in [6.45, 7) is -0.749. The quantitative estimate of drug-likeness (QED) is 0.795. The van der Waals surface area contributed by atoms with Gasteiger partial charge in [0.05, 0.1) is 12.2 Å². The minimum Gasteiger partial charge on any atom is -0.491 e. The predicted molar refractivity (Wildman–Crippen MR) is 56.5 cm³/mol. The Balaban J connectivity index is 2.72. The third-order valence-electron chi connectivity index (χ3n) is 1.75. The predicted octanol–water partition coefficient (Wildman–Crippen LogP) is 1.91. The van der Waals surface area contributed by atoms with E-state index in [0.717, 1.165) is 0 Å². The van der Waals surface area contributed by atoms with Crippen LogP contribution in [0.15, 0.2) is 18.2 Å². The first kappa shape index (κ1) is 12.5.